The molecule has 4 heteroatoms. The maximum atomic E-state index is 11.4. The Labute approximate surface area is 74.5 Å². The minimum atomic E-state index is -2.17. The molecule has 0 fully saturated rings. The van der Waals surface area contributed by atoms with Gasteiger partial charge in [-0.05, 0) is 41.4 Å². The van der Waals surface area contributed by atoms with Crippen LogP contribution in [0, 0.1) is 0 Å². The second-order valence-electron chi connectivity index (χ2n) is 2.69. The quantitative estimate of drug-likeness (QED) is 0.696. The average molecular weight is 234 g/mol. The van der Waals surface area contributed by atoms with Crippen molar-refractivity contribution >= 4 is 28.5 Å². The molecule has 1 aromatic rings. The molecule has 0 radical (unpaired) electrons. The normalized spacial score (nSPS) is 11.5. The van der Waals surface area contributed by atoms with Gasteiger partial charge in [-0.3, -0.25) is 4.98 Å². The smallest absolute Gasteiger partial charge is 0.127 e. The van der Waals surface area contributed by atoms with Crippen LogP contribution in [0.3, 0.4) is 0 Å². The van der Waals surface area contributed by atoms with Crippen LogP contribution in [0.15, 0.2) is 22.8 Å². The Hall–Kier alpha value is -0.140. The Bertz CT molecular complexity index is 290. The third-order valence-electron chi connectivity index (χ3n) is 1.26. The van der Waals surface area contributed by atoms with Gasteiger partial charge >= 0.3 is 0 Å². The van der Waals surface area contributed by atoms with Crippen LogP contribution in [0.4, 0.5) is 0 Å². The summed E-state index contributed by atoms with van der Waals surface area (Å²) in [6.07, 6.45) is 1.66. The first-order chi connectivity index (χ1) is 5.00. The number of rotatable bonds is 1. The molecule has 60 valence electrons. The van der Waals surface area contributed by atoms with Gasteiger partial charge in [0.05, 0.1) is 5.44 Å². The number of aromatic nitrogens is 1. The Kier molecular flexibility index (Phi) is 2.50. The zero-order chi connectivity index (χ0) is 8.48. The molecule has 0 unspecified atom stereocenters. The van der Waals surface area contributed by atoms with Crippen molar-refractivity contribution in [3.63, 3.8) is 0 Å². The Morgan fingerprint density at radius 2 is 2.09 bits per heavy atom. The van der Waals surface area contributed by atoms with Crippen molar-refractivity contribution in [3.8, 4) is 0 Å². The van der Waals surface area contributed by atoms with Gasteiger partial charge in [0, 0.05) is 10.7 Å². The van der Waals surface area contributed by atoms with E-state index < -0.39 is 7.14 Å². The summed E-state index contributed by atoms with van der Waals surface area (Å²) in [6.45, 7) is 3.42. The predicted octanol–water partition coefficient (Wildman–Crippen LogP) is 2.09. The molecule has 0 aromatic carbocycles. The molecule has 0 saturated carbocycles. The lowest BCUT2D eigenvalue weighted by Crippen LogP contribution is -2.06. The Morgan fingerprint density at radius 3 is 2.45 bits per heavy atom. The highest BCUT2D eigenvalue weighted by Crippen LogP contribution is 2.33. The molecular formula is C7H9BrNOP. The number of hydrogen-bond acceptors (Lipinski definition) is 2. The van der Waals surface area contributed by atoms with Gasteiger partial charge in [0.1, 0.15) is 7.14 Å². The number of halogens is 1. The third kappa shape index (κ3) is 2.42. The van der Waals surface area contributed by atoms with Crippen molar-refractivity contribution < 1.29 is 4.57 Å². The summed E-state index contributed by atoms with van der Waals surface area (Å²) in [4.78, 5) is 4.04. The number of hydrogen-bond donors (Lipinski definition) is 0. The summed E-state index contributed by atoms with van der Waals surface area (Å²) in [6, 6.07) is 3.63. The molecule has 0 saturated heterocycles. The van der Waals surface area contributed by atoms with Crippen molar-refractivity contribution in [2.24, 2.45) is 0 Å². The van der Waals surface area contributed by atoms with Crippen LogP contribution in [0.1, 0.15) is 0 Å². The van der Waals surface area contributed by atoms with Gasteiger partial charge in [-0.15, -0.1) is 0 Å². The maximum absolute atomic E-state index is 11.4. The zero-order valence-corrected chi connectivity index (χ0v) is 8.89. The van der Waals surface area contributed by atoms with Crippen molar-refractivity contribution in [2.75, 3.05) is 13.3 Å². The van der Waals surface area contributed by atoms with Gasteiger partial charge in [-0.25, -0.2) is 0 Å². The fourth-order valence-electron chi connectivity index (χ4n) is 0.687. The average Bonchev–Trinajstić information content (AvgIpc) is 1.86. The lowest BCUT2D eigenvalue weighted by atomic mass is 10.5. The van der Waals surface area contributed by atoms with E-state index in [-0.39, 0.29) is 0 Å². The molecule has 0 atom stereocenters. The fraction of sp³-hybridized carbons (Fsp3) is 0.286. The molecule has 0 N–H and O–H groups in total. The van der Waals surface area contributed by atoms with Crippen molar-refractivity contribution in [2.45, 2.75) is 0 Å². The summed E-state index contributed by atoms with van der Waals surface area (Å²) in [7, 11) is -2.17. The van der Waals surface area contributed by atoms with E-state index in [9.17, 15) is 4.57 Å². The first kappa shape index (κ1) is 8.95. The molecule has 1 rings (SSSR count). The molecule has 11 heavy (non-hydrogen) atoms. The molecular weight excluding hydrogens is 225 g/mol. The highest BCUT2D eigenvalue weighted by Gasteiger charge is 2.11. The van der Waals surface area contributed by atoms with E-state index in [1.54, 1.807) is 25.6 Å². The first-order valence-electron chi connectivity index (χ1n) is 3.17. The molecule has 0 aliphatic heterocycles. The van der Waals surface area contributed by atoms with Crippen LogP contribution < -0.4 is 5.44 Å². The molecule has 0 aliphatic rings. The Balaban J connectivity index is 3.09. The van der Waals surface area contributed by atoms with Crippen LogP contribution in [-0.2, 0) is 4.57 Å². The minimum Gasteiger partial charge on any atom is -0.318 e. The lowest BCUT2D eigenvalue weighted by molar-refractivity contribution is 0.588. The first-order valence-corrected chi connectivity index (χ1v) is 6.56. The van der Waals surface area contributed by atoms with Gasteiger partial charge in [-0.1, -0.05) is 0 Å². The van der Waals surface area contributed by atoms with Crippen LogP contribution >= 0.6 is 23.1 Å². The summed E-state index contributed by atoms with van der Waals surface area (Å²) < 4.78 is 12.4. The van der Waals surface area contributed by atoms with E-state index in [4.69, 9.17) is 0 Å². The molecule has 0 aliphatic carbocycles. The molecule has 0 spiro atoms. The van der Waals surface area contributed by atoms with Gasteiger partial charge in [0.15, 0.2) is 0 Å². The fourth-order valence-corrected chi connectivity index (χ4v) is 1.69. The highest BCUT2D eigenvalue weighted by atomic mass is 79.9. The van der Waals surface area contributed by atoms with Crippen LogP contribution in [0.2, 0.25) is 0 Å². The van der Waals surface area contributed by atoms with E-state index in [2.05, 4.69) is 20.9 Å². The second-order valence-corrected chi connectivity index (χ2v) is 6.76. The topological polar surface area (TPSA) is 30.0 Å². The number of nitrogens with zero attached hydrogens (tertiary/aromatic N) is 1. The van der Waals surface area contributed by atoms with E-state index in [0.717, 1.165) is 4.47 Å². The van der Waals surface area contributed by atoms with E-state index in [1.807, 2.05) is 6.07 Å². The predicted molar refractivity (Wildman–Crippen MR) is 51.0 cm³/mol. The van der Waals surface area contributed by atoms with Crippen molar-refractivity contribution in [1.82, 2.24) is 4.98 Å². The second kappa shape index (κ2) is 3.08. The van der Waals surface area contributed by atoms with E-state index in [0.29, 0.717) is 5.44 Å². The van der Waals surface area contributed by atoms with Gasteiger partial charge in [0.2, 0.25) is 0 Å². The maximum Gasteiger partial charge on any atom is 0.127 e. The van der Waals surface area contributed by atoms with Crippen molar-refractivity contribution in [3.05, 3.63) is 22.8 Å². The van der Waals surface area contributed by atoms with E-state index >= 15 is 0 Å². The third-order valence-corrected chi connectivity index (χ3v) is 3.10. The minimum absolute atomic E-state index is 0.681. The lowest BCUT2D eigenvalue weighted by Gasteiger charge is -2.03. The molecule has 2 nitrogen and oxygen atoms in total. The summed E-state index contributed by atoms with van der Waals surface area (Å²) in [5.41, 5.74) is 0.681. The zero-order valence-electron chi connectivity index (χ0n) is 6.41. The molecule has 1 aromatic heterocycles. The summed E-state index contributed by atoms with van der Waals surface area (Å²) in [5.74, 6) is 0. The number of pyridine rings is 1. The van der Waals surface area contributed by atoms with Gasteiger partial charge < -0.3 is 4.57 Å². The van der Waals surface area contributed by atoms with Crippen LogP contribution in [0.25, 0.3) is 0 Å². The molecule has 0 amide bonds. The van der Waals surface area contributed by atoms with Crippen molar-refractivity contribution in [1.29, 1.82) is 0 Å². The Morgan fingerprint density at radius 1 is 1.45 bits per heavy atom. The molecule has 1 heterocycles. The van der Waals surface area contributed by atoms with Crippen LogP contribution in [-0.4, -0.2) is 18.3 Å². The standard InChI is InChI=1S/C7H9BrNOP/c1-11(2,10)7-4-3-6(8)5-9-7/h3-5H,1-2H3. The summed E-state index contributed by atoms with van der Waals surface area (Å²) >= 11 is 3.26. The SMILES string of the molecule is CP(C)(=O)c1ccc(Br)cn1. The molecule has 0 bridgehead atoms. The largest absolute Gasteiger partial charge is 0.318 e. The van der Waals surface area contributed by atoms with Crippen LogP contribution in [0.5, 0.6) is 0 Å². The monoisotopic (exact) mass is 233 g/mol. The highest BCUT2D eigenvalue weighted by molar-refractivity contribution is 9.10. The van der Waals surface area contributed by atoms with Gasteiger partial charge in [0.25, 0.3) is 0 Å². The van der Waals surface area contributed by atoms with E-state index in [1.165, 1.54) is 0 Å². The summed E-state index contributed by atoms with van der Waals surface area (Å²) in [5, 5.41) is 0. The van der Waals surface area contributed by atoms with Gasteiger partial charge in [-0.2, -0.15) is 0 Å².